The fraction of sp³-hybridized carbons (Fsp3) is 1.00. The van der Waals surface area contributed by atoms with Crippen LogP contribution < -0.4 is 5.32 Å². The van der Waals surface area contributed by atoms with E-state index in [0.29, 0.717) is 11.2 Å². The van der Waals surface area contributed by atoms with E-state index in [1.54, 1.807) is 0 Å². The Morgan fingerprint density at radius 2 is 2.00 bits per heavy atom. The molecule has 90 valence electrons. The third kappa shape index (κ3) is 5.52. The van der Waals surface area contributed by atoms with E-state index in [0.717, 1.165) is 19.5 Å². The number of nitrogens with one attached hydrogen (secondary N) is 1. The van der Waals surface area contributed by atoms with Gasteiger partial charge in [-0.15, -0.1) is 0 Å². The smallest absolute Gasteiger partial charge is 0.147 e. The molecule has 0 atom stereocenters. The second-order valence-electron chi connectivity index (χ2n) is 4.91. The van der Waals surface area contributed by atoms with Crippen LogP contribution in [0.15, 0.2) is 0 Å². The molecule has 0 heterocycles. The van der Waals surface area contributed by atoms with Crippen LogP contribution in [0.25, 0.3) is 0 Å². The van der Waals surface area contributed by atoms with Crippen LogP contribution in [0.3, 0.4) is 0 Å². The SMILES string of the molecule is CCCC1(CNCCCS(C)(=O)=O)CC1. The van der Waals surface area contributed by atoms with Crippen LogP contribution in [0, 0.1) is 5.41 Å². The first kappa shape index (κ1) is 13.0. The molecule has 4 heteroatoms. The predicted octanol–water partition coefficient (Wildman–Crippen LogP) is 1.59. The molecule has 0 unspecified atom stereocenters. The van der Waals surface area contributed by atoms with Crippen molar-refractivity contribution in [2.24, 2.45) is 5.41 Å². The molecule has 0 aromatic carbocycles. The molecule has 1 saturated carbocycles. The third-order valence-corrected chi connectivity index (χ3v) is 4.14. The lowest BCUT2D eigenvalue weighted by Gasteiger charge is -2.14. The van der Waals surface area contributed by atoms with Crippen molar-refractivity contribution < 1.29 is 8.42 Å². The van der Waals surface area contributed by atoms with Crippen molar-refractivity contribution >= 4 is 9.84 Å². The summed E-state index contributed by atoms with van der Waals surface area (Å²) in [7, 11) is -2.77. The van der Waals surface area contributed by atoms with Gasteiger partial charge < -0.3 is 5.32 Å². The quantitative estimate of drug-likeness (QED) is 0.648. The van der Waals surface area contributed by atoms with Gasteiger partial charge in [0.05, 0.1) is 5.75 Å². The molecule has 15 heavy (non-hydrogen) atoms. The Balaban J connectivity index is 2.02. The van der Waals surface area contributed by atoms with E-state index in [9.17, 15) is 8.42 Å². The summed E-state index contributed by atoms with van der Waals surface area (Å²) in [4.78, 5) is 0. The van der Waals surface area contributed by atoms with Crippen LogP contribution in [0.4, 0.5) is 0 Å². The van der Waals surface area contributed by atoms with Gasteiger partial charge in [0.15, 0.2) is 0 Å². The number of sulfone groups is 1. The first-order valence-electron chi connectivity index (χ1n) is 5.86. The van der Waals surface area contributed by atoms with Gasteiger partial charge in [-0.1, -0.05) is 13.3 Å². The fourth-order valence-electron chi connectivity index (χ4n) is 2.04. The summed E-state index contributed by atoms with van der Waals surface area (Å²) in [6.07, 6.45) is 7.30. The first-order chi connectivity index (χ1) is 6.97. The van der Waals surface area contributed by atoms with Gasteiger partial charge in [-0.05, 0) is 37.6 Å². The van der Waals surface area contributed by atoms with Gasteiger partial charge in [0.1, 0.15) is 9.84 Å². The molecule has 0 aromatic heterocycles. The summed E-state index contributed by atoms with van der Waals surface area (Å²) in [5.41, 5.74) is 0.569. The zero-order valence-electron chi connectivity index (χ0n) is 9.88. The number of rotatable bonds is 8. The molecule has 1 N–H and O–H groups in total. The second kappa shape index (κ2) is 5.30. The highest BCUT2D eigenvalue weighted by Gasteiger charge is 2.40. The van der Waals surface area contributed by atoms with Gasteiger partial charge in [0, 0.05) is 12.8 Å². The highest BCUT2D eigenvalue weighted by atomic mass is 32.2. The van der Waals surface area contributed by atoms with Crippen LogP contribution in [0.5, 0.6) is 0 Å². The molecule has 0 bridgehead atoms. The maximum atomic E-state index is 10.9. The summed E-state index contributed by atoms with van der Waals surface area (Å²) >= 11 is 0. The molecule has 0 amide bonds. The Morgan fingerprint density at radius 3 is 2.47 bits per heavy atom. The van der Waals surface area contributed by atoms with Crippen molar-refractivity contribution in [1.29, 1.82) is 0 Å². The van der Waals surface area contributed by atoms with E-state index < -0.39 is 9.84 Å². The Bertz CT molecular complexity index is 281. The Kier molecular flexibility index (Phi) is 4.59. The summed E-state index contributed by atoms with van der Waals surface area (Å²) < 4.78 is 21.8. The minimum atomic E-state index is -2.77. The molecule has 0 radical (unpaired) electrons. The lowest BCUT2D eigenvalue weighted by Crippen LogP contribution is -2.26. The predicted molar refractivity (Wildman–Crippen MR) is 63.8 cm³/mol. The highest BCUT2D eigenvalue weighted by Crippen LogP contribution is 2.48. The average molecular weight is 233 g/mol. The summed E-state index contributed by atoms with van der Waals surface area (Å²) in [5, 5.41) is 3.38. The molecule has 1 rings (SSSR count). The zero-order chi connectivity index (χ0) is 11.4. The van der Waals surface area contributed by atoms with Crippen LogP contribution in [-0.2, 0) is 9.84 Å². The molecular formula is C11H23NO2S. The summed E-state index contributed by atoms with van der Waals surface area (Å²) in [6.45, 7) is 4.13. The van der Waals surface area contributed by atoms with Gasteiger partial charge in [-0.25, -0.2) is 8.42 Å². The van der Waals surface area contributed by atoms with Gasteiger partial charge >= 0.3 is 0 Å². The van der Waals surface area contributed by atoms with Crippen LogP contribution in [0.2, 0.25) is 0 Å². The van der Waals surface area contributed by atoms with Crippen LogP contribution in [0.1, 0.15) is 39.0 Å². The van der Waals surface area contributed by atoms with Gasteiger partial charge in [0.2, 0.25) is 0 Å². The number of hydrogen-bond donors (Lipinski definition) is 1. The van der Waals surface area contributed by atoms with Gasteiger partial charge in [0.25, 0.3) is 0 Å². The molecule has 1 fully saturated rings. The monoisotopic (exact) mass is 233 g/mol. The molecule has 1 aliphatic carbocycles. The van der Waals surface area contributed by atoms with Crippen LogP contribution >= 0.6 is 0 Å². The first-order valence-corrected chi connectivity index (χ1v) is 7.92. The van der Waals surface area contributed by atoms with E-state index in [1.165, 1.54) is 31.9 Å². The molecule has 0 saturated heterocycles. The largest absolute Gasteiger partial charge is 0.316 e. The standard InChI is InChI=1S/C11H23NO2S/c1-3-5-11(6-7-11)10-12-8-4-9-15(2,13)14/h12H,3-10H2,1-2H3. The number of hydrogen-bond acceptors (Lipinski definition) is 3. The van der Waals surface area contributed by atoms with Crippen molar-refractivity contribution in [2.45, 2.75) is 39.0 Å². The Morgan fingerprint density at radius 1 is 1.33 bits per heavy atom. The zero-order valence-corrected chi connectivity index (χ0v) is 10.7. The molecule has 0 aliphatic heterocycles. The highest BCUT2D eigenvalue weighted by molar-refractivity contribution is 7.90. The van der Waals surface area contributed by atoms with E-state index in [4.69, 9.17) is 0 Å². The maximum absolute atomic E-state index is 10.9. The van der Waals surface area contributed by atoms with Crippen molar-refractivity contribution in [3.8, 4) is 0 Å². The fourth-order valence-corrected chi connectivity index (χ4v) is 2.70. The van der Waals surface area contributed by atoms with Crippen molar-refractivity contribution in [3.63, 3.8) is 0 Å². The molecule has 0 aromatic rings. The van der Waals surface area contributed by atoms with Gasteiger partial charge in [-0.2, -0.15) is 0 Å². The topological polar surface area (TPSA) is 46.2 Å². The Hall–Kier alpha value is -0.0900. The maximum Gasteiger partial charge on any atom is 0.147 e. The summed E-state index contributed by atoms with van der Waals surface area (Å²) in [6, 6.07) is 0. The summed E-state index contributed by atoms with van der Waals surface area (Å²) in [5.74, 6) is 0.306. The van der Waals surface area contributed by atoms with E-state index >= 15 is 0 Å². The van der Waals surface area contributed by atoms with E-state index in [2.05, 4.69) is 12.2 Å². The van der Waals surface area contributed by atoms with Crippen LogP contribution in [-0.4, -0.2) is 33.5 Å². The van der Waals surface area contributed by atoms with Gasteiger partial charge in [-0.3, -0.25) is 0 Å². The minimum Gasteiger partial charge on any atom is -0.316 e. The molecule has 3 nitrogen and oxygen atoms in total. The average Bonchev–Trinajstić information content (AvgIpc) is 2.83. The van der Waals surface area contributed by atoms with Crippen molar-refractivity contribution in [3.05, 3.63) is 0 Å². The van der Waals surface area contributed by atoms with E-state index in [1.807, 2.05) is 0 Å². The van der Waals surface area contributed by atoms with Crippen molar-refractivity contribution in [2.75, 3.05) is 25.1 Å². The van der Waals surface area contributed by atoms with E-state index in [-0.39, 0.29) is 0 Å². The van der Waals surface area contributed by atoms with Crippen molar-refractivity contribution in [1.82, 2.24) is 5.32 Å². The molecule has 1 aliphatic rings. The lowest BCUT2D eigenvalue weighted by atomic mass is 10.0. The Labute approximate surface area is 93.6 Å². The normalized spacial score (nSPS) is 19.1. The lowest BCUT2D eigenvalue weighted by molar-refractivity contribution is 0.422. The third-order valence-electron chi connectivity index (χ3n) is 3.11. The second-order valence-corrected chi connectivity index (χ2v) is 7.17. The molecular weight excluding hydrogens is 210 g/mol. The minimum absolute atomic E-state index is 0.306. The molecule has 0 spiro atoms.